The Bertz CT molecular complexity index is 1450. The average molecular weight is 554 g/mol. The molecule has 2 amide bonds. The summed E-state index contributed by atoms with van der Waals surface area (Å²) in [5.41, 5.74) is 4.11. The number of pyridine rings is 1. The van der Waals surface area contributed by atoms with Crippen LogP contribution in [-0.2, 0) is 4.79 Å². The number of likely N-dealkylation sites (tertiary alicyclic amines) is 1. The molecule has 40 heavy (non-hydrogen) atoms. The molecule has 3 aromatic rings. The van der Waals surface area contributed by atoms with Gasteiger partial charge in [-0.3, -0.25) is 9.59 Å². The van der Waals surface area contributed by atoms with Gasteiger partial charge in [-0.05, 0) is 61.4 Å². The molecule has 1 aromatic carbocycles. The quantitative estimate of drug-likeness (QED) is 0.482. The van der Waals surface area contributed by atoms with Gasteiger partial charge in [0.05, 0.1) is 6.42 Å². The Labute approximate surface area is 229 Å². The zero-order valence-electron chi connectivity index (χ0n) is 21.9. The van der Waals surface area contributed by atoms with Crippen LogP contribution >= 0.6 is 0 Å². The van der Waals surface area contributed by atoms with Crippen LogP contribution < -0.4 is 10.6 Å². The van der Waals surface area contributed by atoms with Crippen LogP contribution in [-0.4, -0.2) is 81.7 Å². The van der Waals surface area contributed by atoms with E-state index in [2.05, 4.69) is 20.7 Å². The molecule has 2 N–H and O–H groups in total. The van der Waals surface area contributed by atoms with E-state index < -0.39 is 24.9 Å². The number of rotatable bonds is 6. The van der Waals surface area contributed by atoms with E-state index in [0.29, 0.717) is 30.1 Å². The van der Waals surface area contributed by atoms with E-state index >= 15 is 0 Å². The largest absolute Gasteiger partial charge is 0.389 e. The van der Waals surface area contributed by atoms with Crippen molar-refractivity contribution in [2.45, 2.75) is 31.9 Å². The van der Waals surface area contributed by atoms with Crippen LogP contribution in [0.1, 0.15) is 41.6 Å². The number of nitrogens with zero attached hydrogens (tertiary/aromatic N) is 5. The molecule has 210 valence electrons. The van der Waals surface area contributed by atoms with Gasteiger partial charge in [-0.15, -0.1) is 5.10 Å². The number of aromatic nitrogens is 3. The summed E-state index contributed by atoms with van der Waals surface area (Å²) in [5, 5.41) is 11.1. The summed E-state index contributed by atoms with van der Waals surface area (Å²) < 4.78 is 39.1. The highest BCUT2D eigenvalue weighted by Crippen LogP contribution is 2.37. The number of amides is 2. The third kappa shape index (κ3) is 5.40. The normalized spacial score (nSPS) is 18.6. The lowest BCUT2D eigenvalue weighted by molar-refractivity contribution is -0.148. The molecule has 3 aliphatic heterocycles. The second-order valence-electron chi connectivity index (χ2n) is 10.9. The second kappa shape index (κ2) is 10.2. The van der Waals surface area contributed by atoms with Gasteiger partial charge in [0.2, 0.25) is 11.9 Å². The minimum Gasteiger partial charge on any atom is -0.339 e. The minimum atomic E-state index is -4.34. The SMILES string of the molecule is O=C(CCC(F)(F)F)N1CC=C(c2cccn3nc(Nc4ccc(C(=O)N5CC6(CCNC6)C5)cc4)nc23)CC1. The van der Waals surface area contributed by atoms with Gasteiger partial charge in [-0.1, -0.05) is 6.08 Å². The first-order chi connectivity index (χ1) is 19.2. The van der Waals surface area contributed by atoms with Crippen LogP contribution in [0.25, 0.3) is 11.2 Å². The predicted octanol–water partition coefficient (Wildman–Crippen LogP) is 3.87. The second-order valence-corrected chi connectivity index (χ2v) is 10.9. The van der Waals surface area contributed by atoms with E-state index in [1.807, 2.05) is 35.2 Å². The van der Waals surface area contributed by atoms with Crippen molar-refractivity contribution in [2.24, 2.45) is 5.41 Å². The molecule has 0 saturated carbocycles. The zero-order chi connectivity index (χ0) is 27.9. The molecule has 9 nitrogen and oxygen atoms in total. The molecule has 2 fully saturated rings. The molecular formula is C28H30F3N7O2. The van der Waals surface area contributed by atoms with Gasteiger partial charge in [0.25, 0.3) is 5.91 Å². The molecule has 0 radical (unpaired) electrons. The molecule has 0 unspecified atom stereocenters. The highest BCUT2D eigenvalue weighted by atomic mass is 19.4. The van der Waals surface area contributed by atoms with Crippen molar-refractivity contribution < 1.29 is 22.8 Å². The topological polar surface area (TPSA) is 94.9 Å². The van der Waals surface area contributed by atoms with Crippen molar-refractivity contribution in [2.75, 3.05) is 44.6 Å². The van der Waals surface area contributed by atoms with Crippen molar-refractivity contribution in [3.8, 4) is 0 Å². The molecule has 3 aliphatic rings. The van der Waals surface area contributed by atoms with Gasteiger partial charge in [-0.2, -0.15) is 18.2 Å². The molecule has 0 atom stereocenters. The van der Waals surface area contributed by atoms with Gasteiger partial charge in [0, 0.05) is 67.6 Å². The summed E-state index contributed by atoms with van der Waals surface area (Å²) in [6, 6.07) is 11.0. The molecular weight excluding hydrogens is 523 g/mol. The summed E-state index contributed by atoms with van der Waals surface area (Å²) in [7, 11) is 0. The Morgan fingerprint density at radius 2 is 1.90 bits per heavy atom. The third-order valence-corrected chi connectivity index (χ3v) is 7.95. The highest BCUT2D eigenvalue weighted by molar-refractivity contribution is 5.95. The number of benzene rings is 1. The number of carbonyl (C=O) groups is 2. The number of carbonyl (C=O) groups excluding carboxylic acids is 2. The molecule has 0 aliphatic carbocycles. The van der Waals surface area contributed by atoms with Crippen LogP contribution in [0.4, 0.5) is 24.8 Å². The number of alkyl halides is 3. The molecule has 12 heteroatoms. The number of anilines is 2. The van der Waals surface area contributed by atoms with Crippen molar-refractivity contribution in [1.82, 2.24) is 29.7 Å². The monoisotopic (exact) mass is 553 g/mol. The summed E-state index contributed by atoms with van der Waals surface area (Å²) in [6.45, 7) is 4.21. The van der Waals surface area contributed by atoms with E-state index in [1.54, 1.807) is 22.8 Å². The van der Waals surface area contributed by atoms with E-state index in [4.69, 9.17) is 0 Å². The lowest BCUT2D eigenvalue weighted by atomic mass is 9.79. The zero-order valence-corrected chi connectivity index (χ0v) is 21.9. The Balaban J connectivity index is 1.10. The van der Waals surface area contributed by atoms with E-state index in [1.165, 1.54) is 4.90 Å². The van der Waals surface area contributed by atoms with E-state index in [0.717, 1.165) is 49.4 Å². The first-order valence-electron chi connectivity index (χ1n) is 13.4. The molecule has 5 heterocycles. The summed E-state index contributed by atoms with van der Waals surface area (Å²) >= 11 is 0. The Morgan fingerprint density at radius 1 is 1.10 bits per heavy atom. The first kappa shape index (κ1) is 26.3. The van der Waals surface area contributed by atoms with Crippen molar-refractivity contribution >= 4 is 34.7 Å². The van der Waals surface area contributed by atoms with Crippen LogP contribution in [0.5, 0.6) is 0 Å². The summed E-state index contributed by atoms with van der Waals surface area (Å²) in [5.74, 6) is -0.0568. The van der Waals surface area contributed by atoms with Crippen LogP contribution in [0.3, 0.4) is 0 Å². The van der Waals surface area contributed by atoms with Crippen LogP contribution in [0.15, 0.2) is 48.7 Å². The van der Waals surface area contributed by atoms with Crippen molar-refractivity contribution in [3.63, 3.8) is 0 Å². The number of nitrogens with one attached hydrogen (secondary N) is 2. The lowest BCUT2D eigenvalue weighted by Gasteiger charge is -2.47. The minimum absolute atomic E-state index is 0.0425. The van der Waals surface area contributed by atoms with Crippen LogP contribution in [0, 0.1) is 5.41 Å². The Hall–Kier alpha value is -3.93. The van der Waals surface area contributed by atoms with Gasteiger partial charge >= 0.3 is 6.18 Å². The number of hydrogen-bond donors (Lipinski definition) is 2. The van der Waals surface area contributed by atoms with Gasteiger partial charge in [0.1, 0.15) is 0 Å². The average Bonchev–Trinajstić information content (AvgIpc) is 3.58. The fourth-order valence-electron chi connectivity index (χ4n) is 5.74. The fraction of sp³-hybridized carbons (Fsp3) is 0.429. The number of hydrogen-bond acceptors (Lipinski definition) is 6. The summed E-state index contributed by atoms with van der Waals surface area (Å²) in [6.07, 6.45) is -0.700. The van der Waals surface area contributed by atoms with Gasteiger partial charge in [0.15, 0.2) is 5.65 Å². The third-order valence-electron chi connectivity index (χ3n) is 7.95. The van der Waals surface area contributed by atoms with Crippen LogP contribution in [0.2, 0.25) is 0 Å². The van der Waals surface area contributed by atoms with E-state index in [-0.39, 0.29) is 17.9 Å². The Morgan fingerprint density at radius 3 is 2.58 bits per heavy atom. The maximum atomic E-state index is 12.9. The summed E-state index contributed by atoms with van der Waals surface area (Å²) in [4.78, 5) is 33.0. The van der Waals surface area contributed by atoms with Gasteiger partial charge in [-0.25, -0.2) is 4.52 Å². The Kier molecular flexibility index (Phi) is 6.73. The predicted molar refractivity (Wildman–Crippen MR) is 143 cm³/mol. The molecule has 1 spiro atoms. The van der Waals surface area contributed by atoms with E-state index in [9.17, 15) is 22.8 Å². The first-order valence-corrected chi connectivity index (χ1v) is 13.4. The van der Waals surface area contributed by atoms with Gasteiger partial charge < -0.3 is 20.4 Å². The molecule has 2 aromatic heterocycles. The number of halogens is 3. The fourth-order valence-corrected chi connectivity index (χ4v) is 5.74. The van der Waals surface area contributed by atoms with Crippen molar-refractivity contribution in [1.29, 1.82) is 0 Å². The maximum Gasteiger partial charge on any atom is 0.389 e. The highest BCUT2D eigenvalue weighted by Gasteiger charge is 2.46. The maximum absolute atomic E-state index is 12.9. The number of fused-ring (bicyclic) bond motifs is 1. The van der Waals surface area contributed by atoms with Crippen molar-refractivity contribution in [3.05, 3.63) is 59.8 Å². The molecule has 6 rings (SSSR count). The lowest BCUT2D eigenvalue weighted by Crippen LogP contribution is -2.59. The smallest absolute Gasteiger partial charge is 0.339 e. The standard InChI is InChI=1S/C28H30F3N7O2/c29-28(30,31)10-7-23(39)36-14-8-19(9-15-36)22-2-1-13-38-24(22)34-26(35-38)33-21-5-3-20(4-6-21)25(40)37-17-27(18-37)11-12-32-16-27/h1-6,8,13,32H,7,9-12,14-18H2,(H,33,35). The molecule has 2 saturated heterocycles. The molecule has 0 bridgehead atoms.